The largest absolute Gasteiger partial charge is 0.313 e. The monoisotopic (exact) mass is 312 g/mol. The molecule has 130 valence electrons. The van der Waals surface area contributed by atoms with Crippen molar-refractivity contribution in [2.24, 2.45) is 11.8 Å². The van der Waals surface area contributed by atoms with Crippen LogP contribution in [0.4, 0.5) is 0 Å². The highest BCUT2D eigenvalue weighted by atomic mass is 16.5. The number of nitrogens with zero attached hydrogens (tertiary/aromatic N) is 2. The summed E-state index contributed by atoms with van der Waals surface area (Å²) >= 11 is 0. The topological polar surface area (TPSA) is 46.9 Å². The standard InChI is InChI=1S/C18H36N2O2/c1-15(2)11-13(17(5,6)19(15)21)9-10-14-12-16(3,4)20(22)18(14,7)8/h13-14,21-22H,9-12H2,1-8H3. The minimum atomic E-state index is -0.180. The lowest BCUT2D eigenvalue weighted by Crippen LogP contribution is -2.48. The Morgan fingerprint density at radius 3 is 1.14 bits per heavy atom. The first-order valence-electron chi connectivity index (χ1n) is 8.71. The fraction of sp³-hybridized carbons (Fsp3) is 1.00. The maximum atomic E-state index is 10.5. The van der Waals surface area contributed by atoms with Crippen LogP contribution in [0.3, 0.4) is 0 Å². The summed E-state index contributed by atoms with van der Waals surface area (Å²) < 4.78 is 0. The molecule has 0 aromatic rings. The van der Waals surface area contributed by atoms with E-state index in [4.69, 9.17) is 0 Å². The Morgan fingerprint density at radius 1 is 0.682 bits per heavy atom. The van der Waals surface area contributed by atoms with Crippen molar-refractivity contribution in [1.82, 2.24) is 10.1 Å². The van der Waals surface area contributed by atoms with Gasteiger partial charge < -0.3 is 10.4 Å². The van der Waals surface area contributed by atoms with Crippen molar-refractivity contribution in [3.63, 3.8) is 0 Å². The summed E-state index contributed by atoms with van der Waals surface area (Å²) in [5.74, 6) is 0.971. The van der Waals surface area contributed by atoms with Gasteiger partial charge in [-0.15, -0.1) is 0 Å². The molecule has 2 unspecified atom stereocenters. The van der Waals surface area contributed by atoms with Crippen LogP contribution in [0.1, 0.15) is 81.1 Å². The number of hydroxylamine groups is 4. The van der Waals surface area contributed by atoms with Crippen molar-refractivity contribution in [2.75, 3.05) is 0 Å². The zero-order valence-corrected chi connectivity index (χ0v) is 15.8. The first-order valence-corrected chi connectivity index (χ1v) is 8.71. The third-order valence-electron chi connectivity index (χ3n) is 6.59. The second-order valence-corrected chi connectivity index (χ2v) is 9.94. The van der Waals surface area contributed by atoms with Crippen LogP contribution in [0, 0.1) is 11.8 Å². The predicted octanol–water partition coefficient (Wildman–Crippen LogP) is 4.30. The highest BCUT2D eigenvalue weighted by Gasteiger charge is 2.53. The molecule has 2 aliphatic rings. The zero-order valence-electron chi connectivity index (χ0n) is 15.8. The average molecular weight is 312 g/mol. The normalized spacial score (nSPS) is 36.8. The molecule has 0 aromatic carbocycles. The molecule has 0 radical (unpaired) electrons. The Labute approximate surface area is 136 Å². The number of rotatable bonds is 3. The first-order chi connectivity index (χ1) is 9.73. The highest BCUT2D eigenvalue weighted by Crippen LogP contribution is 2.49. The quantitative estimate of drug-likeness (QED) is 0.815. The number of hydrogen-bond donors (Lipinski definition) is 2. The van der Waals surface area contributed by atoms with Gasteiger partial charge in [-0.25, -0.2) is 0 Å². The third kappa shape index (κ3) is 2.72. The van der Waals surface area contributed by atoms with Gasteiger partial charge in [-0.05, 0) is 92.9 Å². The molecule has 0 saturated carbocycles. The van der Waals surface area contributed by atoms with Crippen molar-refractivity contribution < 1.29 is 10.4 Å². The molecule has 0 aliphatic carbocycles. The van der Waals surface area contributed by atoms with Gasteiger partial charge in [0.05, 0.1) is 0 Å². The summed E-state index contributed by atoms with van der Waals surface area (Å²) in [7, 11) is 0. The molecule has 2 saturated heterocycles. The third-order valence-corrected chi connectivity index (χ3v) is 6.59. The molecule has 2 aliphatic heterocycles. The number of hydrogen-bond acceptors (Lipinski definition) is 4. The van der Waals surface area contributed by atoms with E-state index in [0.29, 0.717) is 11.8 Å². The molecule has 4 heteroatoms. The Balaban J connectivity index is 2.05. The lowest BCUT2D eigenvalue weighted by Gasteiger charge is -2.37. The summed E-state index contributed by atoms with van der Waals surface area (Å²) in [6.07, 6.45) is 4.25. The average Bonchev–Trinajstić information content (AvgIpc) is 2.62. The van der Waals surface area contributed by atoms with Crippen molar-refractivity contribution in [2.45, 2.75) is 103 Å². The van der Waals surface area contributed by atoms with E-state index >= 15 is 0 Å². The van der Waals surface area contributed by atoms with Crippen LogP contribution in [-0.2, 0) is 0 Å². The molecule has 2 fully saturated rings. The van der Waals surface area contributed by atoms with Gasteiger partial charge in [0.15, 0.2) is 0 Å². The Bertz CT molecular complexity index is 389. The van der Waals surface area contributed by atoms with Gasteiger partial charge in [0.25, 0.3) is 0 Å². The smallest absolute Gasteiger partial charge is 0.0439 e. The van der Waals surface area contributed by atoms with E-state index in [0.717, 1.165) is 25.7 Å². The maximum absolute atomic E-state index is 10.5. The summed E-state index contributed by atoms with van der Waals surface area (Å²) in [5, 5.41) is 24.0. The van der Waals surface area contributed by atoms with Gasteiger partial charge in [-0.2, -0.15) is 10.1 Å². The van der Waals surface area contributed by atoms with Crippen LogP contribution in [0.25, 0.3) is 0 Å². The molecule has 4 nitrogen and oxygen atoms in total. The zero-order chi connectivity index (χ0) is 17.1. The lowest BCUT2D eigenvalue weighted by atomic mass is 9.77. The maximum Gasteiger partial charge on any atom is 0.0439 e. The molecule has 2 heterocycles. The van der Waals surface area contributed by atoms with E-state index in [1.165, 1.54) is 0 Å². The van der Waals surface area contributed by atoms with E-state index in [-0.39, 0.29) is 22.2 Å². The van der Waals surface area contributed by atoms with E-state index in [2.05, 4.69) is 55.4 Å². The predicted molar refractivity (Wildman–Crippen MR) is 89.0 cm³/mol. The molecule has 0 spiro atoms. The summed E-state index contributed by atoms with van der Waals surface area (Å²) in [4.78, 5) is 0. The molecular weight excluding hydrogens is 276 g/mol. The summed E-state index contributed by atoms with van der Waals surface area (Å²) in [5.41, 5.74) is -0.662. The molecule has 22 heavy (non-hydrogen) atoms. The minimum absolute atomic E-state index is 0.151. The van der Waals surface area contributed by atoms with Crippen molar-refractivity contribution >= 4 is 0 Å². The van der Waals surface area contributed by atoms with Crippen molar-refractivity contribution in [1.29, 1.82) is 0 Å². The Morgan fingerprint density at radius 2 is 0.955 bits per heavy atom. The van der Waals surface area contributed by atoms with Crippen molar-refractivity contribution in [3.8, 4) is 0 Å². The van der Waals surface area contributed by atoms with Crippen LogP contribution in [0.5, 0.6) is 0 Å². The fourth-order valence-corrected chi connectivity index (χ4v) is 5.10. The summed E-state index contributed by atoms with van der Waals surface area (Å²) in [6.45, 7) is 17.1. The molecular formula is C18H36N2O2. The highest BCUT2D eigenvalue weighted by molar-refractivity contribution is 5.05. The van der Waals surface area contributed by atoms with Gasteiger partial charge in [0.1, 0.15) is 0 Å². The molecule has 2 rings (SSSR count). The van der Waals surface area contributed by atoms with Crippen LogP contribution >= 0.6 is 0 Å². The van der Waals surface area contributed by atoms with Crippen LogP contribution in [-0.4, -0.2) is 42.7 Å². The van der Waals surface area contributed by atoms with Crippen LogP contribution in [0.2, 0.25) is 0 Å². The van der Waals surface area contributed by atoms with E-state index in [1.807, 2.05) is 0 Å². The van der Waals surface area contributed by atoms with E-state index < -0.39 is 0 Å². The fourth-order valence-electron chi connectivity index (χ4n) is 5.10. The lowest BCUT2D eigenvalue weighted by molar-refractivity contribution is -0.199. The second-order valence-electron chi connectivity index (χ2n) is 9.94. The molecule has 2 atom stereocenters. The minimum Gasteiger partial charge on any atom is -0.313 e. The second kappa shape index (κ2) is 5.17. The first kappa shape index (κ1) is 18.2. The van der Waals surface area contributed by atoms with Gasteiger partial charge >= 0.3 is 0 Å². The molecule has 2 N–H and O–H groups in total. The Hall–Kier alpha value is -0.160. The van der Waals surface area contributed by atoms with Crippen molar-refractivity contribution in [3.05, 3.63) is 0 Å². The van der Waals surface area contributed by atoms with Crippen LogP contribution in [0.15, 0.2) is 0 Å². The molecule has 0 bridgehead atoms. The van der Waals surface area contributed by atoms with Crippen LogP contribution < -0.4 is 0 Å². The SMILES string of the molecule is CC1(C)CC(CCC2CC(C)(C)N(O)C2(C)C)C(C)(C)N1O. The van der Waals surface area contributed by atoms with E-state index in [1.54, 1.807) is 10.1 Å². The van der Waals surface area contributed by atoms with Gasteiger partial charge in [-0.3, -0.25) is 0 Å². The van der Waals surface area contributed by atoms with Gasteiger partial charge in [-0.1, -0.05) is 0 Å². The van der Waals surface area contributed by atoms with Gasteiger partial charge in [0, 0.05) is 22.2 Å². The summed E-state index contributed by atoms with van der Waals surface area (Å²) in [6, 6.07) is 0. The Kier molecular flexibility index (Phi) is 4.27. The molecule has 0 amide bonds. The molecule has 0 aromatic heterocycles. The van der Waals surface area contributed by atoms with Gasteiger partial charge in [0.2, 0.25) is 0 Å². The van der Waals surface area contributed by atoms with E-state index in [9.17, 15) is 10.4 Å².